The van der Waals surface area contributed by atoms with E-state index in [0.29, 0.717) is 6.61 Å². The second-order valence-corrected chi connectivity index (χ2v) is 11.5. The van der Waals surface area contributed by atoms with Gasteiger partial charge in [0.25, 0.3) is 0 Å². The summed E-state index contributed by atoms with van der Waals surface area (Å²) >= 11 is 0. The van der Waals surface area contributed by atoms with Crippen LogP contribution in [-0.2, 0) is 42.6 Å². The molecule has 0 spiro atoms. The normalized spacial score (nSPS) is 47.1. The Balaban J connectivity index is 1.11. The van der Waals surface area contributed by atoms with Gasteiger partial charge < -0.3 is 42.6 Å². The van der Waals surface area contributed by atoms with Crippen LogP contribution in [0.2, 0.25) is 0 Å². The Morgan fingerprint density at radius 1 is 0.778 bits per heavy atom. The molecule has 5 aliphatic heterocycles. The molecule has 36 heavy (non-hydrogen) atoms. The van der Waals surface area contributed by atoms with Crippen LogP contribution in [0.25, 0.3) is 0 Å². The van der Waals surface area contributed by atoms with E-state index < -0.39 is 24.2 Å². The fourth-order valence-electron chi connectivity index (χ4n) is 5.96. The summed E-state index contributed by atoms with van der Waals surface area (Å²) in [5.41, 5.74) is 1.01. The Hall–Kier alpha value is -1.14. The van der Waals surface area contributed by atoms with Crippen LogP contribution < -0.4 is 0 Å². The molecule has 0 saturated carbocycles. The van der Waals surface area contributed by atoms with Gasteiger partial charge in [-0.3, -0.25) is 0 Å². The first kappa shape index (κ1) is 25.2. The molecule has 0 N–H and O–H groups in total. The quantitative estimate of drug-likeness (QED) is 0.609. The van der Waals surface area contributed by atoms with E-state index in [2.05, 4.69) is 13.8 Å². The van der Waals surface area contributed by atoms with E-state index in [0.717, 1.165) is 5.56 Å². The van der Waals surface area contributed by atoms with Gasteiger partial charge in [-0.25, -0.2) is 0 Å². The molecular formula is C27H38O9. The molecule has 9 nitrogen and oxygen atoms in total. The Bertz CT molecular complexity index is 921. The Kier molecular flexibility index (Phi) is 6.47. The van der Waals surface area contributed by atoms with E-state index >= 15 is 0 Å². The van der Waals surface area contributed by atoms with E-state index in [1.807, 2.05) is 58.0 Å². The standard InChI is InChI=1S/C27H38O9/c1-14-15(2)23(30-17-12-29-24(32-19(14)17)16-10-8-7-9-11-16)28-13-18-20-21(34-26(3,4)33-20)22-25(31-18)36-27(5,6)35-22/h7-11,14-15,17-25H,12-13H2,1-6H3. The average molecular weight is 507 g/mol. The summed E-state index contributed by atoms with van der Waals surface area (Å²) in [6.45, 7) is 12.6. The van der Waals surface area contributed by atoms with Crippen molar-refractivity contribution in [2.24, 2.45) is 11.8 Å². The van der Waals surface area contributed by atoms with Crippen molar-refractivity contribution in [2.75, 3.05) is 13.2 Å². The number of hydrogen-bond donors (Lipinski definition) is 0. The number of benzene rings is 1. The van der Waals surface area contributed by atoms with Gasteiger partial charge in [-0.15, -0.1) is 0 Å². The van der Waals surface area contributed by atoms with Crippen molar-refractivity contribution in [1.29, 1.82) is 0 Å². The minimum Gasteiger partial charge on any atom is -0.350 e. The second-order valence-electron chi connectivity index (χ2n) is 11.5. The molecule has 11 atom stereocenters. The van der Waals surface area contributed by atoms with Crippen LogP contribution in [0.3, 0.4) is 0 Å². The molecule has 1 aromatic rings. The first-order chi connectivity index (χ1) is 17.1. The van der Waals surface area contributed by atoms with Gasteiger partial charge in [-0.05, 0) is 33.6 Å². The summed E-state index contributed by atoms with van der Waals surface area (Å²) in [6, 6.07) is 10.0. The lowest BCUT2D eigenvalue weighted by Crippen LogP contribution is -2.58. The fourth-order valence-corrected chi connectivity index (χ4v) is 5.96. The van der Waals surface area contributed by atoms with Crippen molar-refractivity contribution in [1.82, 2.24) is 0 Å². The molecule has 0 bridgehead atoms. The third-order valence-electron chi connectivity index (χ3n) is 7.89. The van der Waals surface area contributed by atoms with Crippen molar-refractivity contribution >= 4 is 0 Å². The Labute approximate surface area is 212 Å². The van der Waals surface area contributed by atoms with Crippen LogP contribution in [0.1, 0.15) is 53.4 Å². The molecule has 1 aromatic carbocycles. The van der Waals surface area contributed by atoms with E-state index in [4.69, 9.17) is 42.6 Å². The highest BCUT2D eigenvalue weighted by Crippen LogP contribution is 2.45. The predicted molar refractivity (Wildman–Crippen MR) is 125 cm³/mol. The summed E-state index contributed by atoms with van der Waals surface area (Å²) in [5.74, 6) is -1.18. The van der Waals surface area contributed by atoms with Crippen LogP contribution in [-0.4, -0.2) is 74.0 Å². The fraction of sp³-hybridized carbons (Fsp3) is 0.778. The summed E-state index contributed by atoms with van der Waals surface area (Å²) in [5, 5.41) is 0. The van der Waals surface area contributed by atoms with Crippen molar-refractivity contribution in [3.8, 4) is 0 Å². The zero-order valence-electron chi connectivity index (χ0n) is 21.8. The minimum atomic E-state index is -0.754. The largest absolute Gasteiger partial charge is 0.350 e. The van der Waals surface area contributed by atoms with Crippen molar-refractivity contribution in [3.05, 3.63) is 35.9 Å². The maximum atomic E-state index is 6.36. The van der Waals surface area contributed by atoms with Crippen LogP contribution in [0.4, 0.5) is 0 Å². The van der Waals surface area contributed by atoms with Crippen LogP contribution >= 0.6 is 0 Å². The molecular weight excluding hydrogens is 468 g/mol. The van der Waals surface area contributed by atoms with Crippen molar-refractivity contribution in [2.45, 2.75) is 109 Å². The number of ether oxygens (including phenoxy) is 9. The van der Waals surface area contributed by atoms with Crippen LogP contribution in [0, 0.1) is 11.8 Å². The SMILES string of the molecule is CC1C(OCC2OC3OC(C)(C)OC3C3OC(C)(C)OC23)OC2COC(c3ccccc3)OC2C1C. The minimum absolute atomic E-state index is 0.0755. The summed E-state index contributed by atoms with van der Waals surface area (Å²) in [7, 11) is 0. The molecule has 0 aliphatic carbocycles. The van der Waals surface area contributed by atoms with E-state index in [1.165, 1.54) is 0 Å². The van der Waals surface area contributed by atoms with E-state index in [9.17, 15) is 0 Å². The number of fused-ring (bicyclic) bond motifs is 4. The van der Waals surface area contributed by atoms with Gasteiger partial charge in [-0.2, -0.15) is 0 Å². The first-order valence-electron chi connectivity index (χ1n) is 13.1. The predicted octanol–water partition coefficient (Wildman–Crippen LogP) is 3.51. The first-order valence-corrected chi connectivity index (χ1v) is 13.1. The maximum absolute atomic E-state index is 6.36. The molecule has 200 valence electrons. The molecule has 5 saturated heterocycles. The molecule has 6 rings (SSSR count). The molecule has 11 unspecified atom stereocenters. The van der Waals surface area contributed by atoms with Gasteiger partial charge in [0.05, 0.1) is 19.3 Å². The monoisotopic (exact) mass is 506 g/mol. The highest BCUT2D eigenvalue weighted by atomic mass is 16.9. The molecule has 9 heteroatoms. The van der Waals surface area contributed by atoms with Gasteiger partial charge in [-0.1, -0.05) is 44.2 Å². The third kappa shape index (κ3) is 4.63. The van der Waals surface area contributed by atoms with Crippen LogP contribution in [0.5, 0.6) is 0 Å². The van der Waals surface area contributed by atoms with Gasteiger partial charge in [0.1, 0.15) is 30.5 Å². The van der Waals surface area contributed by atoms with Crippen molar-refractivity contribution < 1.29 is 42.6 Å². The Morgan fingerprint density at radius 3 is 2.25 bits per heavy atom. The molecule has 5 aliphatic rings. The topological polar surface area (TPSA) is 83.1 Å². The third-order valence-corrected chi connectivity index (χ3v) is 7.89. The average Bonchev–Trinajstić information content (AvgIpc) is 3.34. The van der Waals surface area contributed by atoms with Gasteiger partial charge in [0.15, 0.2) is 30.4 Å². The summed E-state index contributed by atoms with van der Waals surface area (Å²) < 4.78 is 55.9. The highest BCUT2D eigenvalue weighted by molar-refractivity contribution is 5.16. The number of rotatable bonds is 4. The summed E-state index contributed by atoms with van der Waals surface area (Å²) in [6.07, 6.45) is -3.03. The second kappa shape index (κ2) is 9.25. The smallest absolute Gasteiger partial charge is 0.190 e. The lowest BCUT2D eigenvalue weighted by molar-refractivity contribution is -0.347. The zero-order valence-corrected chi connectivity index (χ0v) is 21.8. The van der Waals surface area contributed by atoms with E-state index in [-0.39, 0.29) is 61.4 Å². The van der Waals surface area contributed by atoms with Crippen LogP contribution in [0.15, 0.2) is 30.3 Å². The molecule has 0 radical (unpaired) electrons. The van der Waals surface area contributed by atoms with Gasteiger partial charge >= 0.3 is 0 Å². The number of hydrogen-bond acceptors (Lipinski definition) is 9. The Morgan fingerprint density at radius 2 is 1.47 bits per heavy atom. The molecule has 0 amide bonds. The van der Waals surface area contributed by atoms with Gasteiger partial charge in [0.2, 0.25) is 0 Å². The lowest BCUT2D eigenvalue weighted by Gasteiger charge is -2.48. The maximum Gasteiger partial charge on any atom is 0.190 e. The van der Waals surface area contributed by atoms with Gasteiger partial charge in [0, 0.05) is 11.5 Å². The summed E-state index contributed by atoms with van der Waals surface area (Å²) in [4.78, 5) is 0. The molecule has 5 fully saturated rings. The van der Waals surface area contributed by atoms with Crippen molar-refractivity contribution in [3.63, 3.8) is 0 Å². The lowest BCUT2D eigenvalue weighted by atomic mass is 9.84. The molecule has 0 aromatic heterocycles. The van der Waals surface area contributed by atoms with E-state index in [1.54, 1.807) is 0 Å². The molecule has 5 heterocycles. The zero-order chi connectivity index (χ0) is 25.2. The highest BCUT2D eigenvalue weighted by Gasteiger charge is 2.61.